The molecule has 41 heavy (non-hydrogen) atoms. The van der Waals surface area contributed by atoms with E-state index < -0.39 is 11.3 Å². The number of ether oxygens (including phenoxy) is 1. The normalized spacial score (nSPS) is 22.9. The highest BCUT2D eigenvalue weighted by Crippen LogP contribution is 2.51. The van der Waals surface area contributed by atoms with Gasteiger partial charge in [0.1, 0.15) is 21.8 Å². The monoisotopic (exact) mass is 571 g/mol. The van der Waals surface area contributed by atoms with Crippen LogP contribution in [-0.4, -0.2) is 40.2 Å². The Labute approximate surface area is 243 Å². The summed E-state index contributed by atoms with van der Waals surface area (Å²) in [5.41, 5.74) is 3.16. The van der Waals surface area contributed by atoms with Crippen LogP contribution in [0.2, 0.25) is 0 Å². The predicted octanol–water partition coefficient (Wildman–Crippen LogP) is 5.51. The van der Waals surface area contributed by atoms with Gasteiger partial charge in [-0.05, 0) is 61.7 Å². The molecule has 3 aliphatic rings. The minimum Gasteiger partial charge on any atom is -0.457 e. The van der Waals surface area contributed by atoms with Crippen LogP contribution in [0.1, 0.15) is 56.2 Å². The van der Waals surface area contributed by atoms with E-state index in [1.54, 1.807) is 11.1 Å². The molecule has 6 rings (SSSR count). The molecule has 1 fully saturated rings. The Bertz CT molecular complexity index is 1480. The van der Waals surface area contributed by atoms with Gasteiger partial charge >= 0.3 is 6.03 Å². The fourth-order valence-corrected chi connectivity index (χ4v) is 7.12. The topological polar surface area (TPSA) is 113 Å². The SMILES string of the molecule is CCC(=O)N[C@@H]1CCCC[C@@H]1NC(=O)C1Sc2nccc3c2C1NC(=O)N3c1ccc(Oc2ccccc2)cc1C. The van der Waals surface area contributed by atoms with Crippen LogP contribution >= 0.6 is 11.8 Å². The van der Waals surface area contributed by atoms with Crippen molar-refractivity contribution in [2.24, 2.45) is 0 Å². The lowest BCUT2D eigenvalue weighted by Crippen LogP contribution is -2.56. The number of para-hydroxylation sites is 1. The zero-order valence-corrected chi connectivity index (χ0v) is 23.9. The maximum atomic E-state index is 13.6. The number of aromatic nitrogens is 1. The molecule has 3 heterocycles. The summed E-state index contributed by atoms with van der Waals surface area (Å²) in [6, 6.07) is 16.0. The van der Waals surface area contributed by atoms with E-state index in [1.807, 2.05) is 68.4 Å². The standard InChI is InChI=1S/C31H33N5O4S/c1-3-25(37)33-21-11-7-8-12-22(21)34-29(38)28-27-26-24(15-16-32-30(26)41-28)36(31(39)35-27)23-14-13-20(17-18(23)2)40-19-9-5-4-6-10-19/h4-6,9-10,13-17,21-22,27-28H,3,7-8,11-12H2,1-2H3,(H,33,37)(H,34,38)(H,35,39)/t21-,22+,27?,28?/m1/s1. The van der Waals surface area contributed by atoms with Gasteiger partial charge in [-0.3, -0.25) is 14.5 Å². The number of benzene rings is 2. The zero-order valence-electron chi connectivity index (χ0n) is 23.1. The molecule has 10 heteroatoms. The van der Waals surface area contributed by atoms with Gasteiger partial charge in [0, 0.05) is 30.3 Å². The average Bonchev–Trinajstić information content (AvgIpc) is 3.35. The van der Waals surface area contributed by atoms with Gasteiger partial charge in [-0.1, -0.05) is 49.7 Å². The molecule has 3 aromatic rings. The quantitative estimate of drug-likeness (QED) is 0.345. The summed E-state index contributed by atoms with van der Waals surface area (Å²) in [6.07, 6.45) is 5.75. The van der Waals surface area contributed by atoms with Gasteiger partial charge in [0.15, 0.2) is 0 Å². The number of nitrogens with zero attached hydrogens (tertiary/aromatic N) is 2. The largest absolute Gasteiger partial charge is 0.457 e. The molecule has 1 saturated carbocycles. The molecule has 2 unspecified atom stereocenters. The molecular weight excluding hydrogens is 538 g/mol. The summed E-state index contributed by atoms with van der Waals surface area (Å²) in [5.74, 6) is 1.25. The molecule has 4 atom stereocenters. The first-order valence-corrected chi connectivity index (χ1v) is 15.0. The Morgan fingerprint density at radius 2 is 1.78 bits per heavy atom. The van der Waals surface area contributed by atoms with Crippen LogP contribution in [0.3, 0.4) is 0 Å². The van der Waals surface area contributed by atoms with Gasteiger partial charge in [0.2, 0.25) is 11.8 Å². The van der Waals surface area contributed by atoms with Crippen LogP contribution in [0.25, 0.3) is 0 Å². The van der Waals surface area contributed by atoms with Crippen molar-refractivity contribution in [1.29, 1.82) is 0 Å². The number of aryl methyl sites for hydroxylation is 1. The highest BCUT2D eigenvalue weighted by atomic mass is 32.2. The number of carbonyl (C=O) groups excluding carboxylic acids is 3. The van der Waals surface area contributed by atoms with Crippen LogP contribution in [0.4, 0.5) is 16.2 Å². The molecule has 2 aromatic carbocycles. The second-order valence-corrected chi connectivity index (χ2v) is 11.8. The minimum atomic E-state index is -0.558. The Morgan fingerprint density at radius 1 is 1.02 bits per heavy atom. The molecule has 0 saturated heterocycles. The Hall–Kier alpha value is -4.05. The number of amides is 4. The predicted molar refractivity (Wildman–Crippen MR) is 158 cm³/mol. The van der Waals surface area contributed by atoms with Crippen molar-refractivity contribution in [3.05, 3.63) is 71.9 Å². The molecule has 0 spiro atoms. The number of carbonyl (C=O) groups is 3. The van der Waals surface area contributed by atoms with Gasteiger partial charge in [0.25, 0.3) is 0 Å². The molecule has 0 radical (unpaired) electrons. The first-order valence-electron chi connectivity index (χ1n) is 14.1. The lowest BCUT2D eigenvalue weighted by Gasteiger charge is -2.36. The van der Waals surface area contributed by atoms with E-state index in [9.17, 15) is 14.4 Å². The first-order chi connectivity index (χ1) is 19.9. The van der Waals surface area contributed by atoms with Crippen LogP contribution in [0.5, 0.6) is 11.5 Å². The molecule has 9 nitrogen and oxygen atoms in total. The fourth-order valence-electron chi connectivity index (χ4n) is 5.88. The minimum absolute atomic E-state index is 0.0118. The second-order valence-electron chi connectivity index (χ2n) is 10.6. The van der Waals surface area contributed by atoms with Crippen molar-refractivity contribution in [1.82, 2.24) is 20.9 Å². The van der Waals surface area contributed by atoms with Crippen LogP contribution < -0.4 is 25.6 Å². The summed E-state index contributed by atoms with van der Waals surface area (Å²) in [6.45, 7) is 3.77. The lowest BCUT2D eigenvalue weighted by molar-refractivity contribution is -0.124. The third-order valence-corrected chi connectivity index (χ3v) is 9.20. The van der Waals surface area contributed by atoms with E-state index in [1.165, 1.54) is 11.8 Å². The molecule has 0 bridgehead atoms. The third-order valence-electron chi connectivity index (χ3n) is 7.91. The summed E-state index contributed by atoms with van der Waals surface area (Å²) >= 11 is 1.37. The number of thioether (sulfide) groups is 1. The van der Waals surface area contributed by atoms with Crippen molar-refractivity contribution < 1.29 is 19.1 Å². The van der Waals surface area contributed by atoms with Crippen molar-refractivity contribution in [3.8, 4) is 11.5 Å². The maximum absolute atomic E-state index is 13.6. The van der Waals surface area contributed by atoms with E-state index >= 15 is 0 Å². The highest BCUT2D eigenvalue weighted by molar-refractivity contribution is 8.01. The van der Waals surface area contributed by atoms with E-state index in [0.29, 0.717) is 12.2 Å². The van der Waals surface area contributed by atoms with Gasteiger partial charge in [-0.15, -0.1) is 0 Å². The molecule has 2 aliphatic heterocycles. The third kappa shape index (κ3) is 5.36. The highest BCUT2D eigenvalue weighted by Gasteiger charge is 2.47. The van der Waals surface area contributed by atoms with Crippen LogP contribution in [0.15, 0.2) is 65.8 Å². The molecule has 4 amide bonds. The number of nitrogens with one attached hydrogen (secondary N) is 3. The maximum Gasteiger partial charge on any atom is 0.327 e. The number of hydrogen-bond acceptors (Lipinski definition) is 6. The van der Waals surface area contributed by atoms with Crippen LogP contribution in [-0.2, 0) is 9.59 Å². The van der Waals surface area contributed by atoms with Gasteiger partial charge in [0.05, 0.1) is 17.4 Å². The van der Waals surface area contributed by atoms with Crippen LogP contribution in [0, 0.1) is 6.92 Å². The zero-order chi connectivity index (χ0) is 28.5. The van der Waals surface area contributed by atoms with Gasteiger partial charge in [-0.25, -0.2) is 9.78 Å². The van der Waals surface area contributed by atoms with Crippen molar-refractivity contribution in [3.63, 3.8) is 0 Å². The molecule has 1 aliphatic carbocycles. The number of pyridine rings is 1. The van der Waals surface area contributed by atoms with E-state index in [-0.39, 0.29) is 29.9 Å². The lowest BCUT2D eigenvalue weighted by atomic mass is 9.89. The molecule has 3 N–H and O–H groups in total. The van der Waals surface area contributed by atoms with E-state index in [2.05, 4.69) is 20.9 Å². The molecule has 212 valence electrons. The van der Waals surface area contributed by atoms with Crippen molar-refractivity contribution in [2.45, 2.75) is 74.4 Å². The Balaban J connectivity index is 1.23. The number of hydrogen-bond donors (Lipinski definition) is 3. The summed E-state index contributed by atoms with van der Waals surface area (Å²) in [7, 11) is 0. The van der Waals surface area contributed by atoms with E-state index in [4.69, 9.17) is 4.74 Å². The number of anilines is 2. The Kier molecular flexibility index (Phi) is 7.57. The first kappa shape index (κ1) is 27.1. The molecule has 1 aromatic heterocycles. The van der Waals surface area contributed by atoms with Gasteiger partial charge in [-0.2, -0.15) is 0 Å². The average molecular weight is 572 g/mol. The smallest absolute Gasteiger partial charge is 0.327 e. The van der Waals surface area contributed by atoms with E-state index in [0.717, 1.165) is 59.0 Å². The summed E-state index contributed by atoms with van der Waals surface area (Å²) < 4.78 is 5.98. The second kappa shape index (κ2) is 11.4. The van der Waals surface area contributed by atoms with Crippen molar-refractivity contribution >= 4 is 41.0 Å². The van der Waals surface area contributed by atoms with Gasteiger partial charge < -0.3 is 20.7 Å². The number of urea groups is 1. The number of rotatable bonds is 7. The summed E-state index contributed by atoms with van der Waals surface area (Å²) in [5, 5.41) is 9.53. The Morgan fingerprint density at radius 3 is 2.51 bits per heavy atom. The molecular formula is C31H33N5O4S. The summed E-state index contributed by atoms with van der Waals surface area (Å²) in [4.78, 5) is 45.5. The van der Waals surface area contributed by atoms with Crippen molar-refractivity contribution in [2.75, 3.05) is 4.90 Å². The fraction of sp³-hybridized carbons (Fsp3) is 0.355.